The highest BCUT2D eigenvalue weighted by Crippen LogP contribution is 2.10. The first-order valence-electron chi connectivity index (χ1n) is 5.85. The summed E-state index contributed by atoms with van der Waals surface area (Å²) in [5.74, 6) is 0.311. The Morgan fingerprint density at radius 1 is 1.33 bits per heavy atom. The molecule has 0 rings (SSSR count). The normalized spacial score (nSPS) is 15.3. The molecule has 0 aliphatic rings. The molecule has 15 heavy (non-hydrogen) atoms. The number of carbonyl (C=O) groups is 1. The summed E-state index contributed by atoms with van der Waals surface area (Å²) in [6, 6.07) is 0.450. The Morgan fingerprint density at radius 3 is 2.33 bits per heavy atom. The zero-order chi connectivity index (χ0) is 11.8. The molecule has 3 nitrogen and oxygen atoms in total. The van der Waals surface area contributed by atoms with Gasteiger partial charge in [0, 0.05) is 26.1 Å². The third-order valence-corrected chi connectivity index (χ3v) is 3.02. The van der Waals surface area contributed by atoms with Gasteiger partial charge in [0.05, 0.1) is 12.6 Å². The fourth-order valence-electron chi connectivity index (χ4n) is 1.71. The predicted molar refractivity (Wildman–Crippen MR) is 63.1 cm³/mol. The number of ether oxygens (including phenoxy) is 1. The van der Waals surface area contributed by atoms with Crippen LogP contribution in [0.15, 0.2) is 0 Å². The summed E-state index contributed by atoms with van der Waals surface area (Å²) in [6.45, 7) is 9.74. The first-order chi connectivity index (χ1) is 7.08. The Balaban J connectivity index is 4.39. The molecular weight excluding hydrogens is 190 g/mol. The maximum Gasteiger partial charge on any atom is 0.149 e. The molecule has 0 heterocycles. The fraction of sp³-hybridized carbons (Fsp3) is 0.917. The standard InChI is InChI=1S/C12H25NO2/c1-6-10(3)13(8-9-15-5)11(4)12(14)7-2/h10-11H,6-9H2,1-5H3. The Hall–Kier alpha value is -0.410. The topological polar surface area (TPSA) is 29.5 Å². The number of hydrogen-bond donors (Lipinski definition) is 0. The molecule has 0 aromatic carbocycles. The molecule has 0 aromatic rings. The summed E-state index contributed by atoms with van der Waals surface area (Å²) >= 11 is 0. The van der Waals surface area contributed by atoms with Crippen LogP contribution in [0.25, 0.3) is 0 Å². The molecule has 0 saturated carbocycles. The zero-order valence-corrected chi connectivity index (χ0v) is 10.7. The Morgan fingerprint density at radius 2 is 1.93 bits per heavy atom. The second-order valence-electron chi connectivity index (χ2n) is 3.98. The smallest absolute Gasteiger partial charge is 0.149 e. The van der Waals surface area contributed by atoms with Gasteiger partial charge in [0.2, 0.25) is 0 Å². The van der Waals surface area contributed by atoms with Gasteiger partial charge in [-0.15, -0.1) is 0 Å². The van der Waals surface area contributed by atoms with Crippen molar-refractivity contribution in [2.24, 2.45) is 0 Å². The van der Waals surface area contributed by atoms with Gasteiger partial charge in [-0.05, 0) is 20.3 Å². The summed E-state index contributed by atoms with van der Waals surface area (Å²) in [6.07, 6.45) is 1.67. The Kier molecular flexibility index (Phi) is 7.61. The molecule has 0 spiro atoms. The molecular formula is C12H25NO2. The predicted octanol–water partition coefficient (Wildman–Crippen LogP) is 2.10. The quantitative estimate of drug-likeness (QED) is 0.621. The van der Waals surface area contributed by atoms with Crippen LogP contribution in [-0.4, -0.2) is 43.0 Å². The van der Waals surface area contributed by atoms with Crippen LogP contribution in [0.4, 0.5) is 0 Å². The molecule has 0 aliphatic heterocycles. The van der Waals surface area contributed by atoms with E-state index < -0.39 is 0 Å². The second-order valence-corrected chi connectivity index (χ2v) is 3.98. The van der Waals surface area contributed by atoms with Crippen molar-refractivity contribution in [3.8, 4) is 0 Å². The molecule has 0 saturated heterocycles. The van der Waals surface area contributed by atoms with Gasteiger partial charge < -0.3 is 4.74 Å². The van der Waals surface area contributed by atoms with E-state index in [0.29, 0.717) is 24.9 Å². The first-order valence-corrected chi connectivity index (χ1v) is 5.85. The molecule has 2 atom stereocenters. The number of rotatable bonds is 8. The number of methoxy groups -OCH3 is 1. The maximum absolute atomic E-state index is 11.7. The van der Waals surface area contributed by atoms with Gasteiger partial charge in [0.25, 0.3) is 0 Å². The van der Waals surface area contributed by atoms with E-state index in [2.05, 4.69) is 18.7 Å². The SMILES string of the molecule is CCC(=O)C(C)N(CCOC)C(C)CC. The summed E-state index contributed by atoms with van der Waals surface area (Å²) in [5, 5.41) is 0. The zero-order valence-electron chi connectivity index (χ0n) is 10.7. The lowest BCUT2D eigenvalue weighted by molar-refractivity contribution is -0.124. The van der Waals surface area contributed by atoms with E-state index in [9.17, 15) is 4.79 Å². The van der Waals surface area contributed by atoms with Crippen LogP contribution in [0.2, 0.25) is 0 Å². The highest BCUT2D eigenvalue weighted by atomic mass is 16.5. The van der Waals surface area contributed by atoms with Gasteiger partial charge >= 0.3 is 0 Å². The minimum atomic E-state index is 0.0140. The molecule has 0 radical (unpaired) electrons. The minimum Gasteiger partial charge on any atom is -0.383 e. The molecule has 3 heteroatoms. The molecule has 0 aliphatic carbocycles. The number of nitrogens with zero attached hydrogens (tertiary/aromatic N) is 1. The third kappa shape index (κ3) is 4.76. The summed E-state index contributed by atoms with van der Waals surface area (Å²) in [7, 11) is 1.70. The van der Waals surface area contributed by atoms with Gasteiger partial charge in [0.15, 0.2) is 0 Å². The lowest BCUT2D eigenvalue weighted by atomic mass is 10.1. The van der Waals surface area contributed by atoms with Gasteiger partial charge in [0.1, 0.15) is 5.78 Å². The van der Waals surface area contributed by atoms with Crippen LogP contribution in [0.3, 0.4) is 0 Å². The van der Waals surface area contributed by atoms with Crippen molar-refractivity contribution in [1.29, 1.82) is 0 Å². The molecule has 90 valence electrons. The number of hydrogen-bond acceptors (Lipinski definition) is 3. The Labute approximate surface area is 93.8 Å². The first kappa shape index (κ1) is 14.6. The molecule has 0 aromatic heterocycles. The second kappa shape index (κ2) is 7.83. The molecule has 0 N–H and O–H groups in total. The van der Waals surface area contributed by atoms with Crippen LogP contribution >= 0.6 is 0 Å². The highest BCUT2D eigenvalue weighted by Gasteiger charge is 2.22. The highest BCUT2D eigenvalue weighted by molar-refractivity contribution is 5.83. The van der Waals surface area contributed by atoms with E-state index in [4.69, 9.17) is 4.74 Å². The lowest BCUT2D eigenvalue weighted by Crippen LogP contribution is -2.45. The van der Waals surface area contributed by atoms with Crippen LogP contribution in [0.1, 0.15) is 40.5 Å². The Bertz CT molecular complexity index is 182. The van der Waals surface area contributed by atoms with E-state index in [1.807, 2.05) is 13.8 Å². The largest absolute Gasteiger partial charge is 0.383 e. The van der Waals surface area contributed by atoms with Crippen molar-refractivity contribution in [3.63, 3.8) is 0 Å². The van der Waals surface area contributed by atoms with Gasteiger partial charge in [-0.1, -0.05) is 13.8 Å². The van der Waals surface area contributed by atoms with E-state index in [-0.39, 0.29) is 6.04 Å². The maximum atomic E-state index is 11.7. The third-order valence-electron chi connectivity index (χ3n) is 3.02. The van der Waals surface area contributed by atoms with Gasteiger partial charge in [-0.3, -0.25) is 9.69 Å². The average Bonchev–Trinajstić information content (AvgIpc) is 2.27. The number of carbonyl (C=O) groups excluding carboxylic acids is 1. The van der Waals surface area contributed by atoms with Crippen molar-refractivity contribution in [2.45, 2.75) is 52.6 Å². The van der Waals surface area contributed by atoms with E-state index in [1.54, 1.807) is 7.11 Å². The minimum absolute atomic E-state index is 0.0140. The lowest BCUT2D eigenvalue weighted by Gasteiger charge is -2.32. The van der Waals surface area contributed by atoms with Crippen molar-refractivity contribution in [1.82, 2.24) is 4.90 Å². The summed E-state index contributed by atoms with van der Waals surface area (Å²) in [5.41, 5.74) is 0. The van der Waals surface area contributed by atoms with Crippen molar-refractivity contribution in [2.75, 3.05) is 20.3 Å². The monoisotopic (exact) mass is 215 g/mol. The molecule has 0 amide bonds. The fourth-order valence-corrected chi connectivity index (χ4v) is 1.71. The number of Topliss-reactive ketones (excluding diaryl/α,β-unsaturated/α-hetero) is 1. The summed E-state index contributed by atoms with van der Waals surface area (Å²) < 4.78 is 5.08. The average molecular weight is 215 g/mol. The van der Waals surface area contributed by atoms with Crippen molar-refractivity contribution >= 4 is 5.78 Å². The van der Waals surface area contributed by atoms with E-state index in [0.717, 1.165) is 13.0 Å². The van der Waals surface area contributed by atoms with Crippen molar-refractivity contribution < 1.29 is 9.53 Å². The molecule has 2 unspecified atom stereocenters. The summed E-state index contributed by atoms with van der Waals surface area (Å²) in [4.78, 5) is 13.9. The van der Waals surface area contributed by atoms with Crippen LogP contribution < -0.4 is 0 Å². The molecule has 0 fully saturated rings. The van der Waals surface area contributed by atoms with Crippen LogP contribution in [-0.2, 0) is 9.53 Å². The van der Waals surface area contributed by atoms with Crippen LogP contribution in [0.5, 0.6) is 0 Å². The number of ketones is 1. The molecule has 0 bridgehead atoms. The van der Waals surface area contributed by atoms with Gasteiger partial charge in [-0.25, -0.2) is 0 Å². The van der Waals surface area contributed by atoms with Crippen LogP contribution in [0, 0.1) is 0 Å². The van der Waals surface area contributed by atoms with Gasteiger partial charge in [-0.2, -0.15) is 0 Å². The van der Waals surface area contributed by atoms with E-state index >= 15 is 0 Å². The van der Waals surface area contributed by atoms with Crippen molar-refractivity contribution in [3.05, 3.63) is 0 Å². The van der Waals surface area contributed by atoms with E-state index in [1.165, 1.54) is 0 Å².